The summed E-state index contributed by atoms with van der Waals surface area (Å²) in [4.78, 5) is 7.96. The van der Waals surface area contributed by atoms with E-state index in [1.165, 1.54) is 0 Å². The van der Waals surface area contributed by atoms with Gasteiger partial charge in [0, 0.05) is 18.3 Å². The lowest BCUT2D eigenvalue weighted by atomic mass is 10.3. The molecule has 14 heavy (non-hydrogen) atoms. The van der Waals surface area contributed by atoms with Crippen molar-refractivity contribution in [3.63, 3.8) is 0 Å². The molecule has 1 heterocycles. The van der Waals surface area contributed by atoms with Crippen LogP contribution in [0.5, 0.6) is 0 Å². The third kappa shape index (κ3) is 3.57. The van der Waals surface area contributed by atoms with Crippen LogP contribution in [0.1, 0.15) is 19.0 Å². The summed E-state index contributed by atoms with van der Waals surface area (Å²) in [5.41, 5.74) is 6.31. The standard InChI is InChI=1S/C9H16N4O/c1-6-5-8(13-9(10)12-6)11-4-3-7(2)14/h5,7,14H,3-4H2,1-2H3,(H3,10,11,12,13). The Kier molecular flexibility index (Phi) is 3.64. The summed E-state index contributed by atoms with van der Waals surface area (Å²) in [6.07, 6.45) is 0.381. The largest absolute Gasteiger partial charge is 0.393 e. The summed E-state index contributed by atoms with van der Waals surface area (Å²) in [6, 6.07) is 1.82. The zero-order valence-electron chi connectivity index (χ0n) is 8.49. The highest BCUT2D eigenvalue weighted by atomic mass is 16.3. The predicted octanol–water partition coefficient (Wildman–Crippen LogP) is 0.550. The number of aryl methyl sites for hydroxylation is 1. The van der Waals surface area contributed by atoms with Gasteiger partial charge in [-0.3, -0.25) is 0 Å². The van der Waals surface area contributed by atoms with Gasteiger partial charge in [-0.2, -0.15) is 4.98 Å². The quantitative estimate of drug-likeness (QED) is 0.655. The molecule has 5 nitrogen and oxygen atoms in total. The van der Waals surface area contributed by atoms with E-state index in [1.54, 1.807) is 6.92 Å². The second-order valence-corrected chi connectivity index (χ2v) is 3.32. The first kappa shape index (κ1) is 10.7. The Morgan fingerprint density at radius 1 is 1.57 bits per heavy atom. The van der Waals surface area contributed by atoms with Crippen LogP contribution in [0, 0.1) is 6.92 Å². The Bertz CT molecular complexity index is 281. The lowest BCUT2D eigenvalue weighted by Crippen LogP contribution is -2.11. The number of aliphatic hydroxyl groups excluding tert-OH is 1. The lowest BCUT2D eigenvalue weighted by molar-refractivity contribution is 0.188. The van der Waals surface area contributed by atoms with Crippen LogP contribution in [-0.2, 0) is 0 Å². The molecule has 1 atom stereocenters. The van der Waals surface area contributed by atoms with Gasteiger partial charge in [-0.1, -0.05) is 0 Å². The van der Waals surface area contributed by atoms with Crippen molar-refractivity contribution in [1.82, 2.24) is 9.97 Å². The molecule has 1 unspecified atom stereocenters. The van der Waals surface area contributed by atoms with Gasteiger partial charge in [0.2, 0.25) is 5.95 Å². The Morgan fingerprint density at radius 3 is 2.86 bits per heavy atom. The summed E-state index contributed by atoms with van der Waals surface area (Å²) in [6.45, 7) is 4.28. The maximum Gasteiger partial charge on any atom is 0.222 e. The fraction of sp³-hybridized carbons (Fsp3) is 0.556. The van der Waals surface area contributed by atoms with Crippen molar-refractivity contribution in [2.45, 2.75) is 26.4 Å². The number of nitrogens with zero attached hydrogens (tertiary/aromatic N) is 2. The second kappa shape index (κ2) is 4.76. The molecule has 78 valence electrons. The fourth-order valence-corrected chi connectivity index (χ4v) is 1.09. The minimum absolute atomic E-state index is 0.268. The zero-order chi connectivity index (χ0) is 10.6. The third-order valence-electron chi connectivity index (χ3n) is 1.74. The number of aromatic nitrogens is 2. The van der Waals surface area contributed by atoms with Crippen molar-refractivity contribution >= 4 is 11.8 Å². The molecular formula is C9H16N4O. The van der Waals surface area contributed by atoms with Gasteiger partial charge in [-0.15, -0.1) is 0 Å². The van der Waals surface area contributed by atoms with Crippen LogP contribution in [-0.4, -0.2) is 27.7 Å². The van der Waals surface area contributed by atoms with Gasteiger partial charge in [0.15, 0.2) is 0 Å². The van der Waals surface area contributed by atoms with E-state index >= 15 is 0 Å². The van der Waals surface area contributed by atoms with E-state index < -0.39 is 0 Å². The van der Waals surface area contributed by atoms with Crippen LogP contribution >= 0.6 is 0 Å². The molecule has 0 saturated heterocycles. The summed E-state index contributed by atoms with van der Waals surface area (Å²) >= 11 is 0. The van der Waals surface area contributed by atoms with E-state index in [1.807, 2.05) is 13.0 Å². The van der Waals surface area contributed by atoms with Crippen LogP contribution in [0.15, 0.2) is 6.07 Å². The number of hydrogen-bond donors (Lipinski definition) is 3. The van der Waals surface area contributed by atoms with E-state index in [4.69, 9.17) is 10.8 Å². The molecule has 0 aliphatic carbocycles. The molecule has 5 heteroatoms. The van der Waals surface area contributed by atoms with Gasteiger partial charge in [-0.25, -0.2) is 4.98 Å². The molecule has 1 aromatic rings. The monoisotopic (exact) mass is 196 g/mol. The number of rotatable bonds is 4. The smallest absolute Gasteiger partial charge is 0.222 e. The van der Waals surface area contributed by atoms with E-state index in [0.29, 0.717) is 18.8 Å². The topological polar surface area (TPSA) is 84.1 Å². The summed E-state index contributed by atoms with van der Waals surface area (Å²) < 4.78 is 0. The Labute approximate surface area is 83.4 Å². The molecule has 0 spiro atoms. The number of aliphatic hydroxyl groups is 1. The molecule has 1 aromatic heterocycles. The average Bonchev–Trinajstić information content (AvgIpc) is 2.01. The van der Waals surface area contributed by atoms with Crippen molar-refractivity contribution in [3.05, 3.63) is 11.8 Å². The van der Waals surface area contributed by atoms with E-state index in [-0.39, 0.29) is 12.1 Å². The summed E-state index contributed by atoms with van der Waals surface area (Å²) in [5.74, 6) is 0.972. The van der Waals surface area contributed by atoms with Crippen molar-refractivity contribution in [2.24, 2.45) is 0 Å². The molecule has 0 saturated carbocycles. The zero-order valence-corrected chi connectivity index (χ0v) is 8.49. The van der Waals surface area contributed by atoms with Gasteiger partial charge < -0.3 is 16.2 Å². The Morgan fingerprint density at radius 2 is 2.29 bits per heavy atom. The highest BCUT2D eigenvalue weighted by Crippen LogP contribution is 2.07. The van der Waals surface area contributed by atoms with Gasteiger partial charge in [-0.05, 0) is 20.3 Å². The van der Waals surface area contributed by atoms with Crippen LogP contribution in [0.2, 0.25) is 0 Å². The number of hydrogen-bond acceptors (Lipinski definition) is 5. The highest BCUT2D eigenvalue weighted by molar-refractivity contribution is 5.39. The first-order chi connectivity index (χ1) is 6.58. The molecule has 0 bridgehead atoms. The highest BCUT2D eigenvalue weighted by Gasteiger charge is 1.99. The van der Waals surface area contributed by atoms with Crippen molar-refractivity contribution in [2.75, 3.05) is 17.6 Å². The van der Waals surface area contributed by atoms with E-state index in [0.717, 1.165) is 5.69 Å². The predicted molar refractivity (Wildman–Crippen MR) is 56.0 cm³/mol. The second-order valence-electron chi connectivity index (χ2n) is 3.32. The normalized spacial score (nSPS) is 12.5. The molecule has 1 rings (SSSR count). The molecule has 0 radical (unpaired) electrons. The van der Waals surface area contributed by atoms with Crippen LogP contribution in [0.4, 0.5) is 11.8 Å². The molecule has 0 aliphatic rings. The van der Waals surface area contributed by atoms with Gasteiger partial charge in [0.25, 0.3) is 0 Å². The molecule has 0 aliphatic heterocycles. The van der Waals surface area contributed by atoms with Gasteiger partial charge in [0.1, 0.15) is 5.82 Å². The van der Waals surface area contributed by atoms with Crippen molar-refractivity contribution in [3.8, 4) is 0 Å². The van der Waals surface area contributed by atoms with E-state index in [2.05, 4.69) is 15.3 Å². The van der Waals surface area contributed by atoms with Crippen LogP contribution in [0.25, 0.3) is 0 Å². The molecular weight excluding hydrogens is 180 g/mol. The molecule has 0 fully saturated rings. The summed E-state index contributed by atoms with van der Waals surface area (Å²) in [7, 11) is 0. The summed E-state index contributed by atoms with van der Waals surface area (Å²) in [5, 5.41) is 12.1. The minimum Gasteiger partial charge on any atom is -0.393 e. The number of nitrogen functional groups attached to an aromatic ring is 1. The number of anilines is 2. The van der Waals surface area contributed by atoms with Gasteiger partial charge >= 0.3 is 0 Å². The first-order valence-corrected chi connectivity index (χ1v) is 4.61. The maximum absolute atomic E-state index is 9.04. The van der Waals surface area contributed by atoms with Crippen molar-refractivity contribution < 1.29 is 5.11 Å². The molecule has 0 aromatic carbocycles. The van der Waals surface area contributed by atoms with Crippen LogP contribution < -0.4 is 11.1 Å². The minimum atomic E-state index is -0.303. The van der Waals surface area contributed by atoms with Crippen molar-refractivity contribution in [1.29, 1.82) is 0 Å². The SMILES string of the molecule is Cc1cc(NCCC(C)O)nc(N)n1. The third-order valence-corrected chi connectivity index (χ3v) is 1.74. The average molecular weight is 196 g/mol. The lowest BCUT2D eigenvalue weighted by Gasteiger charge is -2.07. The maximum atomic E-state index is 9.04. The first-order valence-electron chi connectivity index (χ1n) is 4.61. The Hall–Kier alpha value is -1.36. The number of nitrogens with two attached hydrogens (primary N) is 1. The molecule has 4 N–H and O–H groups in total. The number of nitrogens with one attached hydrogen (secondary N) is 1. The Balaban J connectivity index is 2.50. The fourth-order valence-electron chi connectivity index (χ4n) is 1.09. The van der Waals surface area contributed by atoms with Gasteiger partial charge in [0.05, 0.1) is 6.10 Å². The van der Waals surface area contributed by atoms with E-state index in [9.17, 15) is 0 Å². The molecule has 0 amide bonds. The van der Waals surface area contributed by atoms with Crippen LogP contribution in [0.3, 0.4) is 0 Å².